The smallest absolute Gasteiger partial charge is 0.249 e. The van der Waals surface area contributed by atoms with Gasteiger partial charge in [0.15, 0.2) is 0 Å². The second-order valence-electron chi connectivity index (χ2n) is 7.31. The first-order valence-electron chi connectivity index (χ1n) is 8.19. The summed E-state index contributed by atoms with van der Waals surface area (Å²) in [7, 11) is 1.41. The molecule has 1 fully saturated rings. The number of carbonyl (C=O) groups excluding carboxylic acids is 3. The van der Waals surface area contributed by atoms with Gasteiger partial charge in [-0.2, -0.15) is 0 Å². The molecular formula is C16H30N4O4. The molecule has 5 atom stereocenters. The number of hydrogen-bond donors (Lipinski definition) is 3. The van der Waals surface area contributed by atoms with Crippen LogP contribution < -0.4 is 11.5 Å². The van der Waals surface area contributed by atoms with Crippen LogP contribution in [0.1, 0.15) is 34.6 Å². The summed E-state index contributed by atoms with van der Waals surface area (Å²) < 4.78 is 0. The molecule has 8 heteroatoms. The van der Waals surface area contributed by atoms with E-state index in [9.17, 15) is 19.5 Å². The van der Waals surface area contributed by atoms with Crippen LogP contribution in [0.5, 0.6) is 0 Å². The molecule has 0 aromatic carbocycles. The van der Waals surface area contributed by atoms with Crippen molar-refractivity contribution in [2.24, 2.45) is 23.3 Å². The summed E-state index contributed by atoms with van der Waals surface area (Å²) >= 11 is 0. The van der Waals surface area contributed by atoms with Gasteiger partial charge in [0.05, 0.1) is 12.1 Å². The van der Waals surface area contributed by atoms with Gasteiger partial charge in [0.25, 0.3) is 0 Å². The lowest BCUT2D eigenvalue weighted by molar-refractivity contribution is -0.154. The van der Waals surface area contributed by atoms with Crippen molar-refractivity contribution in [3.8, 4) is 0 Å². The Balaban J connectivity index is 3.29. The molecule has 0 bridgehead atoms. The van der Waals surface area contributed by atoms with Crippen molar-refractivity contribution in [1.29, 1.82) is 0 Å². The Hall–Kier alpha value is -1.67. The molecule has 138 valence electrons. The highest BCUT2D eigenvalue weighted by atomic mass is 16.3. The number of primary amides is 1. The van der Waals surface area contributed by atoms with Gasteiger partial charge in [-0.25, -0.2) is 0 Å². The van der Waals surface area contributed by atoms with E-state index >= 15 is 0 Å². The molecule has 0 spiro atoms. The van der Waals surface area contributed by atoms with Gasteiger partial charge in [-0.1, -0.05) is 20.8 Å². The summed E-state index contributed by atoms with van der Waals surface area (Å²) in [6.45, 7) is 9.06. The van der Waals surface area contributed by atoms with E-state index in [0.717, 1.165) is 4.90 Å². The maximum atomic E-state index is 13.2. The number of aliphatic hydroxyl groups excluding tert-OH is 1. The number of likely N-dealkylation sites (N-methyl/N-ethyl adjacent to an activating group) is 1. The zero-order chi connectivity index (χ0) is 19.0. The highest BCUT2D eigenvalue weighted by molar-refractivity contribution is 5.99. The van der Waals surface area contributed by atoms with Crippen LogP contribution in [0.25, 0.3) is 0 Å². The third-order valence-corrected chi connectivity index (χ3v) is 5.00. The topological polar surface area (TPSA) is 130 Å². The van der Waals surface area contributed by atoms with Gasteiger partial charge in [-0.3, -0.25) is 14.4 Å². The third kappa shape index (κ3) is 3.25. The number of hydrogen-bond acceptors (Lipinski definition) is 5. The summed E-state index contributed by atoms with van der Waals surface area (Å²) in [5, 5.41) is 9.81. The van der Waals surface area contributed by atoms with E-state index in [-0.39, 0.29) is 11.8 Å². The Morgan fingerprint density at radius 2 is 1.88 bits per heavy atom. The Morgan fingerprint density at radius 1 is 1.38 bits per heavy atom. The summed E-state index contributed by atoms with van der Waals surface area (Å²) in [5.41, 5.74) is 10.1. The fourth-order valence-electron chi connectivity index (χ4n) is 3.41. The largest absolute Gasteiger partial charge is 0.391 e. The molecule has 24 heavy (non-hydrogen) atoms. The zero-order valence-corrected chi connectivity index (χ0v) is 15.3. The van der Waals surface area contributed by atoms with Crippen molar-refractivity contribution in [1.82, 2.24) is 9.80 Å². The number of rotatable bonds is 6. The van der Waals surface area contributed by atoms with Crippen LogP contribution in [-0.2, 0) is 14.4 Å². The van der Waals surface area contributed by atoms with Crippen molar-refractivity contribution < 1.29 is 19.5 Å². The molecule has 0 aromatic rings. The minimum Gasteiger partial charge on any atom is -0.391 e. The fourth-order valence-corrected chi connectivity index (χ4v) is 3.41. The van der Waals surface area contributed by atoms with Gasteiger partial charge in [-0.15, -0.1) is 0 Å². The first-order valence-corrected chi connectivity index (χ1v) is 8.19. The Bertz CT molecular complexity index is 522. The van der Waals surface area contributed by atoms with Crippen LogP contribution >= 0.6 is 0 Å². The maximum absolute atomic E-state index is 13.2. The van der Waals surface area contributed by atoms with Crippen LogP contribution in [0.2, 0.25) is 0 Å². The first kappa shape index (κ1) is 20.4. The molecule has 1 saturated heterocycles. The number of amides is 3. The van der Waals surface area contributed by atoms with Gasteiger partial charge in [0, 0.05) is 19.5 Å². The Labute approximate surface area is 143 Å². The molecule has 1 heterocycles. The average Bonchev–Trinajstić information content (AvgIpc) is 2.61. The predicted molar refractivity (Wildman–Crippen MR) is 89.5 cm³/mol. The third-order valence-electron chi connectivity index (χ3n) is 5.00. The van der Waals surface area contributed by atoms with Gasteiger partial charge in [0.1, 0.15) is 11.6 Å². The molecule has 0 aliphatic carbocycles. The molecule has 8 nitrogen and oxygen atoms in total. The molecule has 1 aliphatic rings. The quantitative estimate of drug-likeness (QED) is 0.564. The lowest BCUT2D eigenvalue weighted by atomic mass is 9.83. The number of likely N-dealkylation sites (tertiary alicyclic amines) is 1. The lowest BCUT2D eigenvalue weighted by Crippen LogP contribution is -2.63. The van der Waals surface area contributed by atoms with Crippen molar-refractivity contribution in [3.63, 3.8) is 0 Å². The van der Waals surface area contributed by atoms with Crippen molar-refractivity contribution >= 4 is 17.7 Å². The second-order valence-corrected chi connectivity index (χ2v) is 7.31. The minimum atomic E-state index is -1.20. The average molecular weight is 342 g/mol. The van der Waals surface area contributed by atoms with Crippen LogP contribution in [0.3, 0.4) is 0 Å². The minimum absolute atomic E-state index is 0.146. The fraction of sp³-hybridized carbons (Fsp3) is 0.812. The van der Waals surface area contributed by atoms with Crippen LogP contribution in [0.4, 0.5) is 0 Å². The molecule has 1 rings (SSSR count). The van der Waals surface area contributed by atoms with E-state index in [1.807, 2.05) is 13.8 Å². The number of carbonyl (C=O) groups is 3. The normalized spacial score (nSPS) is 29.7. The molecular weight excluding hydrogens is 312 g/mol. The van der Waals surface area contributed by atoms with Crippen LogP contribution in [-0.4, -0.2) is 69.9 Å². The molecule has 0 radical (unpaired) electrons. The van der Waals surface area contributed by atoms with Crippen molar-refractivity contribution in [2.75, 3.05) is 13.6 Å². The Kier molecular flexibility index (Phi) is 6.00. The van der Waals surface area contributed by atoms with E-state index in [1.54, 1.807) is 13.8 Å². The summed E-state index contributed by atoms with van der Waals surface area (Å²) in [5.74, 6) is -1.84. The molecule has 0 saturated carbocycles. The highest BCUT2D eigenvalue weighted by Crippen LogP contribution is 2.37. The zero-order valence-electron chi connectivity index (χ0n) is 15.3. The van der Waals surface area contributed by atoms with E-state index in [4.69, 9.17) is 11.5 Å². The van der Waals surface area contributed by atoms with Crippen molar-refractivity contribution in [3.05, 3.63) is 0 Å². The first-order chi connectivity index (χ1) is 10.9. The monoisotopic (exact) mass is 342 g/mol. The number of nitrogens with zero attached hydrogens (tertiary/aromatic N) is 2. The van der Waals surface area contributed by atoms with Gasteiger partial charge in [-0.05, 0) is 19.8 Å². The van der Waals surface area contributed by atoms with Gasteiger partial charge < -0.3 is 26.4 Å². The maximum Gasteiger partial charge on any atom is 0.249 e. The molecule has 5 N–H and O–H groups in total. The van der Waals surface area contributed by atoms with Crippen LogP contribution in [0.15, 0.2) is 0 Å². The summed E-state index contributed by atoms with van der Waals surface area (Å²) in [6, 6.07) is -1.96. The van der Waals surface area contributed by atoms with E-state index in [1.165, 1.54) is 18.9 Å². The summed E-state index contributed by atoms with van der Waals surface area (Å²) in [4.78, 5) is 39.9. The van der Waals surface area contributed by atoms with Gasteiger partial charge >= 0.3 is 0 Å². The lowest BCUT2D eigenvalue weighted by Gasteiger charge is -2.42. The number of aliphatic hydroxyl groups is 1. The summed E-state index contributed by atoms with van der Waals surface area (Å²) in [6.07, 6.45) is -1.13. The highest BCUT2D eigenvalue weighted by Gasteiger charge is 2.58. The molecule has 3 amide bonds. The SMILES string of the molecule is CC(C)CN1C(=O)C(N)C(C)C1(C)C(=O)N(C)[C@H](C(N)=O)[C@@H](C)O. The molecule has 0 aromatic heterocycles. The number of nitrogens with two attached hydrogens (primary N) is 2. The molecule has 1 aliphatic heterocycles. The van der Waals surface area contributed by atoms with E-state index in [2.05, 4.69) is 0 Å². The standard InChI is InChI=1S/C16H30N4O4/c1-8(2)7-20-14(23)11(17)9(3)16(20,5)15(24)19(6)12(10(4)21)13(18)22/h8-12,21H,7,17H2,1-6H3,(H2,18,22)/t9?,10-,11?,12+,16?/m1/s1. The predicted octanol–water partition coefficient (Wildman–Crippen LogP) is -1.10. The van der Waals surface area contributed by atoms with Gasteiger partial charge in [0.2, 0.25) is 17.7 Å². The Morgan fingerprint density at radius 3 is 2.25 bits per heavy atom. The van der Waals surface area contributed by atoms with E-state index < -0.39 is 41.5 Å². The van der Waals surface area contributed by atoms with Crippen LogP contribution in [0, 0.1) is 11.8 Å². The van der Waals surface area contributed by atoms with Crippen molar-refractivity contribution in [2.45, 2.75) is 58.3 Å². The molecule has 3 unspecified atom stereocenters. The second kappa shape index (κ2) is 7.06. The van der Waals surface area contributed by atoms with E-state index in [0.29, 0.717) is 6.54 Å².